The molecule has 1 fully saturated rings. The summed E-state index contributed by atoms with van der Waals surface area (Å²) in [6.07, 6.45) is 0.149. The molecule has 0 aliphatic carbocycles. The van der Waals surface area contributed by atoms with Gasteiger partial charge in [-0.25, -0.2) is 17.6 Å². The van der Waals surface area contributed by atoms with Crippen LogP contribution < -0.4 is 5.73 Å². The summed E-state index contributed by atoms with van der Waals surface area (Å²) in [7, 11) is -3.47. The van der Waals surface area contributed by atoms with E-state index in [0.717, 1.165) is 11.8 Å². The molecule has 44 heavy (non-hydrogen) atoms. The summed E-state index contributed by atoms with van der Waals surface area (Å²) in [5.74, 6) is -1.49. The Labute approximate surface area is 255 Å². The van der Waals surface area contributed by atoms with Crippen LogP contribution in [0, 0.1) is 5.82 Å². The van der Waals surface area contributed by atoms with Gasteiger partial charge in [0.25, 0.3) is 5.91 Å². The fourth-order valence-corrected chi connectivity index (χ4v) is 6.38. The molecule has 5 rings (SSSR count). The molecule has 1 aliphatic heterocycles. The number of halogens is 1. The lowest BCUT2D eigenvalue weighted by Gasteiger charge is -2.24. The Kier molecular flexibility index (Phi) is 9.16. The van der Waals surface area contributed by atoms with Crippen molar-refractivity contribution in [1.82, 2.24) is 14.8 Å². The second-order valence-corrected chi connectivity index (χ2v) is 13.1. The Morgan fingerprint density at radius 3 is 2.52 bits per heavy atom. The van der Waals surface area contributed by atoms with Crippen LogP contribution in [-0.4, -0.2) is 66.1 Å². The second kappa shape index (κ2) is 12.9. The van der Waals surface area contributed by atoms with Crippen molar-refractivity contribution in [1.29, 1.82) is 0 Å². The number of carbonyl (C=O) groups excluding carboxylic acids is 2. The number of fused-ring (bicyclic) bond motifs is 1. The molecule has 0 spiro atoms. The van der Waals surface area contributed by atoms with Crippen molar-refractivity contribution in [3.05, 3.63) is 94.9 Å². The van der Waals surface area contributed by atoms with E-state index in [0.29, 0.717) is 47.1 Å². The summed E-state index contributed by atoms with van der Waals surface area (Å²) in [5.41, 5.74) is 8.68. The SMILES string of the molecule is CC(c1cccc2c(-c3ccc(CS(C)(=O)=O)c(F)c3)c(C(O)OCc3ccccc3)[nH]c12)N1C(=O)CN(CCCN)C1=O. The molecule has 0 saturated carbocycles. The number of urea groups is 1. The molecular weight excluding hydrogens is 587 g/mol. The minimum absolute atomic E-state index is 0.0260. The van der Waals surface area contributed by atoms with Crippen LogP contribution >= 0.6 is 0 Å². The number of aromatic nitrogens is 1. The van der Waals surface area contributed by atoms with Gasteiger partial charge in [-0.2, -0.15) is 0 Å². The number of imide groups is 1. The van der Waals surface area contributed by atoms with Gasteiger partial charge in [0.2, 0.25) is 0 Å². The van der Waals surface area contributed by atoms with E-state index in [1.165, 1.54) is 21.9 Å². The third-order valence-corrected chi connectivity index (χ3v) is 8.53. The molecule has 4 N–H and O–H groups in total. The number of aromatic amines is 1. The number of ether oxygens (including phenoxy) is 1. The number of aliphatic hydroxyl groups excluding tert-OH is 1. The van der Waals surface area contributed by atoms with Gasteiger partial charge in [-0.05, 0) is 42.6 Å². The molecule has 2 atom stereocenters. The predicted octanol–water partition coefficient (Wildman–Crippen LogP) is 4.40. The topological polar surface area (TPSA) is 146 Å². The first-order valence-electron chi connectivity index (χ1n) is 14.2. The highest BCUT2D eigenvalue weighted by Crippen LogP contribution is 2.40. The van der Waals surface area contributed by atoms with E-state index >= 15 is 4.39 Å². The van der Waals surface area contributed by atoms with Gasteiger partial charge in [0.15, 0.2) is 16.1 Å². The van der Waals surface area contributed by atoms with E-state index in [4.69, 9.17) is 10.5 Å². The molecule has 12 heteroatoms. The van der Waals surface area contributed by atoms with Gasteiger partial charge < -0.3 is 25.5 Å². The number of nitrogens with zero attached hydrogens (tertiary/aromatic N) is 2. The van der Waals surface area contributed by atoms with Crippen LogP contribution in [0.2, 0.25) is 0 Å². The average molecular weight is 623 g/mol. The number of para-hydroxylation sites is 1. The van der Waals surface area contributed by atoms with Crippen LogP contribution in [0.15, 0.2) is 66.7 Å². The minimum Gasteiger partial charge on any atom is -0.363 e. The number of sulfone groups is 1. The molecule has 0 bridgehead atoms. The fraction of sp³-hybridized carbons (Fsp3) is 0.312. The molecule has 1 aromatic heterocycles. The van der Waals surface area contributed by atoms with Crippen LogP contribution in [0.5, 0.6) is 0 Å². The normalized spacial score (nSPS) is 15.4. The number of nitrogens with two attached hydrogens (primary N) is 1. The minimum atomic E-state index is -3.47. The third kappa shape index (κ3) is 6.53. The number of carbonyl (C=O) groups is 2. The van der Waals surface area contributed by atoms with E-state index in [1.807, 2.05) is 30.3 Å². The predicted molar refractivity (Wildman–Crippen MR) is 164 cm³/mol. The lowest BCUT2D eigenvalue weighted by Crippen LogP contribution is -2.36. The Morgan fingerprint density at radius 2 is 1.84 bits per heavy atom. The summed E-state index contributed by atoms with van der Waals surface area (Å²) in [6, 6.07) is 17.8. The van der Waals surface area contributed by atoms with Crippen LogP contribution in [0.4, 0.5) is 9.18 Å². The Balaban J connectivity index is 1.58. The van der Waals surface area contributed by atoms with Crippen LogP contribution in [0.3, 0.4) is 0 Å². The summed E-state index contributed by atoms with van der Waals surface area (Å²) < 4.78 is 44.7. The smallest absolute Gasteiger partial charge is 0.327 e. The molecule has 1 aliphatic rings. The first kappa shape index (κ1) is 31.3. The number of hydrogen-bond acceptors (Lipinski definition) is 7. The van der Waals surface area contributed by atoms with E-state index in [2.05, 4.69) is 4.98 Å². The number of aliphatic hydroxyl groups is 1. The lowest BCUT2D eigenvalue weighted by atomic mass is 9.97. The van der Waals surface area contributed by atoms with Gasteiger partial charge >= 0.3 is 6.03 Å². The Bertz CT molecular complexity index is 1790. The molecule has 3 aromatic carbocycles. The van der Waals surface area contributed by atoms with Crippen LogP contribution in [0.1, 0.15) is 48.1 Å². The molecule has 1 saturated heterocycles. The van der Waals surface area contributed by atoms with Gasteiger partial charge in [0.1, 0.15) is 12.4 Å². The highest BCUT2D eigenvalue weighted by atomic mass is 32.2. The van der Waals surface area contributed by atoms with Gasteiger partial charge in [-0.1, -0.05) is 60.7 Å². The zero-order valence-electron chi connectivity index (χ0n) is 24.5. The zero-order valence-corrected chi connectivity index (χ0v) is 25.3. The number of benzene rings is 3. The molecule has 2 unspecified atom stereocenters. The highest BCUT2D eigenvalue weighted by Gasteiger charge is 2.40. The number of H-pyrrole nitrogens is 1. The van der Waals surface area contributed by atoms with Gasteiger partial charge in [0.05, 0.1) is 29.6 Å². The maximum atomic E-state index is 15.2. The molecule has 10 nitrogen and oxygen atoms in total. The number of hydrogen-bond donors (Lipinski definition) is 3. The van der Waals surface area contributed by atoms with Crippen molar-refractivity contribution in [3.8, 4) is 11.1 Å². The molecular formula is C32H35FN4O6S. The molecule has 232 valence electrons. The first-order chi connectivity index (χ1) is 21.0. The zero-order chi connectivity index (χ0) is 31.6. The first-order valence-corrected chi connectivity index (χ1v) is 16.3. The third-order valence-electron chi connectivity index (χ3n) is 7.69. The van der Waals surface area contributed by atoms with E-state index in [-0.39, 0.29) is 30.3 Å². The second-order valence-electron chi connectivity index (χ2n) is 11.0. The fourth-order valence-electron chi connectivity index (χ4n) is 5.58. The van der Waals surface area contributed by atoms with Crippen molar-refractivity contribution < 1.29 is 32.2 Å². The number of nitrogens with one attached hydrogen (secondary N) is 1. The highest BCUT2D eigenvalue weighted by molar-refractivity contribution is 7.89. The summed E-state index contributed by atoms with van der Waals surface area (Å²) in [5, 5.41) is 11.9. The standard InChI is InChI=1S/C32H35FN4O6S/c1-20(37-27(38)17-36(32(37)40)15-7-14-34)24-10-6-11-25-28(22-12-13-23(26(33)16-22)19-44(2,41)42)30(35-29(24)25)31(39)43-18-21-8-4-3-5-9-21/h3-6,8-13,16,20,31,35,39H,7,14-15,17-19,34H2,1-2H3. The Hall–Kier alpha value is -4.10. The molecule has 0 radical (unpaired) electrons. The van der Waals surface area contributed by atoms with Crippen molar-refractivity contribution in [2.75, 3.05) is 25.9 Å². The molecule has 2 heterocycles. The van der Waals surface area contributed by atoms with E-state index < -0.39 is 39.8 Å². The van der Waals surface area contributed by atoms with Crippen molar-refractivity contribution >= 4 is 32.7 Å². The Morgan fingerprint density at radius 1 is 1.09 bits per heavy atom. The van der Waals surface area contributed by atoms with Crippen molar-refractivity contribution in [2.24, 2.45) is 5.73 Å². The van der Waals surface area contributed by atoms with Crippen LogP contribution in [-0.2, 0) is 31.7 Å². The van der Waals surface area contributed by atoms with Crippen LogP contribution in [0.25, 0.3) is 22.0 Å². The maximum Gasteiger partial charge on any atom is 0.327 e. The van der Waals surface area contributed by atoms with Gasteiger partial charge in [0, 0.05) is 29.3 Å². The van der Waals surface area contributed by atoms with Gasteiger partial charge in [-0.15, -0.1) is 0 Å². The lowest BCUT2D eigenvalue weighted by molar-refractivity contribution is -0.126. The maximum absolute atomic E-state index is 15.2. The van der Waals surface area contributed by atoms with Gasteiger partial charge in [-0.3, -0.25) is 9.69 Å². The summed E-state index contributed by atoms with van der Waals surface area (Å²) in [6.45, 7) is 2.57. The monoisotopic (exact) mass is 622 g/mol. The molecule has 4 aromatic rings. The van der Waals surface area contributed by atoms with Crippen molar-refractivity contribution in [3.63, 3.8) is 0 Å². The summed E-state index contributed by atoms with van der Waals surface area (Å²) >= 11 is 0. The van der Waals surface area contributed by atoms with E-state index in [9.17, 15) is 23.1 Å². The number of amides is 3. The quantitative estimate of drug-likeness (QED) is 0.157. The largest absolute Gasteiger partial charge is 0.363 e. The van der Waals surface area contributed by atoms with Crippen molar-refractivity contribution in [2.45, 2.75) is 38.0 Å². The van der Waals surface area contributed by atoms with E-state index in [1.54, 1.807) is 31.2 Å². The molecule has 3 amide bonds. The summed E-state index contributed by atoms with van der Waals surface area (Å²) in [4.78, 5) is 32.1. The number of rotatable bonds is 12. The average Bonchev–Trinajstić information content (AvgIpc) is 3.52.